The molecule has 1 fully saturated rings. The van der Waals surface area contributed by atoms with Crippen LogP contribution in [0.25, 0.3) is 0 Å². The number of halogens is 3. The molecule has 3 heterocycles. The fourth-order valence-electron chi connectivity index (χ4n) is 3.79. The van der Waals surface area contributed by atoms with Gasteiger partial charge in [-0.25, -0.2) is 18.4 Å². The van der Waals surface area contributed by atoms with Gasteiger partial charge >= 0.3 is 6.18 Å². The Labute approximate surface area is 229 Å². The molecule has 1 aromatic carbocycles. The van der Waals surface area contributed by atoms with Gasteiger partial charge in [0, 0.05) is 54.8 Å². The van der Waals surface area contributed by atoms with Crippen LogP contribution < -0.4 is 20.3 Å². The van der Waals surface area contributed by atoms with Crippen molar-refractivity contribution >= 4 is 39.2 Å². The number of hydrogen-bond donors (Lipinski definition) is 3. The lowest BCUT2D eigenvalue weighted by Gasteiger charge is -2.38. The molecule has 40 heavy (non-hydrogen) atoms. The van der Waals surface area contributed by atoms with E-state index in [1.807, 2.05) is 6.92 Å². The highest BCUT2D eigenvalue weighted by Gasteiger charge is 2.36. The van der Waals surface area contributed by atoms with E-state index in [1.165, 1.54) is 25.4 Å². The molecule has 2 aromatic heterocycles. The molecule has 0 bridgehead atoms. The molecule has 214 valence electrons. The van der Waals surface area contributed by atoms with Gasteiger partial charge in [0.1, 0.15) is 17.2 Å². The first-order valence-electron chi connectivity index (χ1n) is 12.0. The highest BCUT2D eigenvalue weighted by Crippen LogP contribution is 2.34. The number of carbonyl (C=O) groups excluding carboxylic acids is 1. The van der Waals surface area contributed by atoms with Crippen molar-refractivity contribution in [2.75, 3.05) is 48.0 Å². The van der Waals surface area contributed by atoms with Crippen molar-refractivity contribution in [3.63, 3.8) is 0 Å². The summed E-state index contributed by atoms with van der Waals surface area (Å²) >= 11 is 0. The number of hydrogen-bond acceptors (Lipinski definition) is 9. The van der Waals surface area contributed by atoms with Crippen molar-refractivity contribution in [2.24, 2.45) is 5.41 Å². The zero-order valence-electron chi connectivity index (χ0n) is 21.9. The molecule has 3 aromatic rings. The Morgan fingerprint density at radius 1 is 1.18 bits per heavy atom. The van der Waals surface area contributed by atoms with E-state index in [9.17, 15) is 26.4 Å². The number of anilines is 4. The Hall–Kier alpha value is -3.98. The maximum Gasteiger partial charge on any atom is 0.421 e. The lowest BCUT2D eigenvalue weighted by atomic mass is 9.88. The normalized spacial score (nSPS) is 14.7. The van der Waals surface area contributed by atoms with Gasteiger partial charge in [-0.3, -0.25) is 9.10 Å². The minimum Gasteiger partial charge on any atom is -0.380 e. The molecule has 11 nitrogen and oxygen atoms in total. The molecule has 0 unspecified atom stereocenters. The number of benzene rings is 1. The molecule has 1 saturated heterocycles. The number of rotatable bonds is 10. The maximum atomic E-state index is 13.7. The predicted molar refractivity (Wildman–Crippen MR) is 143 cm³/mol. The molecular weight excluding hydrogens is 551 g/mol. The Bertz CT molecular complexity index is 1500. The first-order valence-corrected chi connectivity index (χ1v) is 13.9. The second kappa shape index (κ2) is 11.3. The van der Waals surface area contributed by atoms with Gasteiger partial charge in [-0.15, -0.1) is 0 Å². The van der Waals surface area contributed by atoms with Crippen LogP contribution in [0.2, 0.25) is 0 Å². The molecule has 0 saturated carbocycles. The first kappa shape index (κ1) is 29.0. The third-order valence-corrected chi connectivity index (χ3v) is 7.33. The number of pyridine rings is 1. The second-order valence-electron chi connectivity index (χ2n) is 9.72. The van der Waals surface area contributed by atoms with E-state index in [0.717, 1.165) is 10.6 Å². The number of amides is 1. The fourth-order valence-corrected chi connectivity index (χ4v) is 4.27. The molecular formula is C25H28F3N7O4S. The van der Waals surface area contributed by atoms with Crippen molar-refractivity contribution < 1.29 is 31.1 Å². The number of nitrogens with one attached hydrogen (secondary N) is 3. The van der Waals surface area contributed by atoms with Gasteiger partial charge < -0.3 is 20.7 Å². The van der Waals surface area contributed by atoms with E-state index in [4.69, 9.17) is 4.74 Å². The highest BCUT2D eigenvalue weighted by atomic mass is 32.2. The van der Waals surface area contributed by atoms with Gasteiger partial charge in [0.2, 0.25) is 16.0 Å². The van der Waals surface area contributed by atoms with Crippen LogP contribution in [0.5, 0.6) is 0 Å². The SMILES string of the molecule is CN(c1ncccc1CNc1nc(Nc2cccc(C(=O)NCC3(C)COC3)c2)ncc1C(F)(F)F)S(C)(=O)=O. The lowest BCUT2D eigenvalue weighted by molar-refractivity contribution is -0.137. The molecule has 1 aliphatic rings. The van der Waals surface area contributed by atoms with Gasteiger partial charge in [-0.2, -0.15) is 18.2 Å². The third-order valence-electron chi connectivity index (χ3n) is 6.16. The number of nitrogens with zero attached hydrogens (tertiary/aromatic N) is 4. The molecule has 1 amide bonds. The number of ether oxygens (including phenoxy) is 1. The van der Waals surface area contributed by atoms with Gasteiger partial charge in [0.15, 0.2) is 0 Å². The summed E-state index contributed by atoms with van der Waals surface area (Å²) in [7, 11) is -2.36. The second-order valence-corrected chi connectivity index (χ2v) is 11.7. The first-order chi connectivity index (χ1) is 18.7. The van der Waals surface area contributed by atoms with Crippen molar-refractivity contribution in [2.45, 2.75) is 19.6 Å². The Kier molecular flexibility index (Phi) is 8.16. The number of aromatic nitrogens is 3. The molecule has 0 atom stereocenters. The van der Waals surface area contributed by atoms with E-state index in [0.29, 0.717) is 42.8 Å². The molecule has 3 N–H and O–H groups in total. The van der Waals surface area contributed by atoms with Gasteiger partial charge in [0.25, 0.3) is 5.91 Å². The molecule has 0 radical (unpaired) electrons. The van der Waals surface area contributed by atoms with Gasteiger partial charge in [-0.05, 0) is 24.3 Å². The molecule has 15 heteroatoms. The zero-order valence-corrected chi connectivity index (χ0v) is 22.7. The monoisotopic (exact) mass is 579 g/mol. The largest absolute Gasteiger partial charge is 0.421 e. The average Bonchev–Trinajstić information content (AvgIpc) is 2.88. The minimum absolute atomic E-state index is 0.0624. The summed E-state index contributed by atoms with van der Waals surface area (Å²) in [5.74, 6) is -0.912. The van der Waals surface area contributed by atoms with Crippen LogP contribution in [-0.4, -0.2) is 62.3 Å². The van der Waals surface area contributed by atoms with Crippen LogP contribution in [0.15, 0.2) is 48.8 Å². The summed E-state index contributed by atoms with van der Waals surface area (Å²) < 4.78 is 71.3. The number of sulfonamides is 1. The van der Waals surface area contributed by atoms with E-state index in [2.05, 4.69) is 30.9 Å². The summed E-state index contributed by atoms with van der Waals surface area (Å²) in [6.07, 6.45) is -1.75. The summed E-state index contributed by atoms with van der Waals surface area (Å²) in [6.45, 7) is 3.36. The Morgan fingerprint density at radius 3 is 2.58 bits per heavy atom. The summed E-state index contributed by atoms with van der Waals surface area (Å²) in [6, 6.07) is 9.47. The van der Waals surface area contributed by atoms with E-state index < -0.39 is 27.6 Å². The molecule has 0 aliphatic carbocycles. The van der Waals surface area contributed by atoms with E-state index >= 15 is 0 Å². The Balaban J connectivity index is 1.53. The average molecular weight is 580 g/mol. The topological polar surface area (TPSA) is 138 Å². The third kappa shape index (κ3) is 6.96. The van der Waals surface area contributed by atoms with Crippen LogP contribution in [-0.2, 0) is 27.5 Å². The van der Waals surface area contributed by atoms with Gasteiger partial charge in [0.05, 0.1) is 19.5 Å². The van der Waals surface area contributed by atoms with Crippen LogP contribution >= 0.6 is 0 Å². The van der Waals surface area contributed by atoms with Crippen LogP contribution in [0.4, 0.5) is 36.4 Å². The zero-order chi connectivity index (χ0) is 29.1. The summed E-state index contributed by atoms with van der Waals surface area (Å²) in [4.78, 5) is 24.5. The summed E-state index contributed by atoms with van der Waals surface area (Å²) in [5.41, 5.74) is -0.155. The van der Waals surface area contributed by atoms with Gasteiger partial charge in [-0.1, -0.05) is 19.1 Å². The number of alkyl halides is 3. The quantitative estimate of drug-likeness (QED) is 0.330. The van der Waals surface area contributed by atoms with Crippen molar-refractivity contribution in [3.05, 3.63) is 65.5 Å². The van der Waals surface area contributed by atoms with E-state index in [-0.39, 0.29) is 29.6 Å². The molecule has 4 rings (SSSR count). The predicted octanol–water partition coefficient (Wildman–Crippen LogP) is 3.41. The smallest absolute Gasteiger partial charge is 0.380 e. The van der Waals surface area contributed by atoms with Crippen molar-refractivity contribution in [3.8, 4) is 0 Å². The lowest BCUT2D eigenvalue weighted by Crippen LogP contribution is -2.48. The maximum absolute atomic E-state index is 13.7. The Morgan fingerprint density at radius 2 is 1.93 bits per heavy atom. The van der Waals surface area contributed by atoms with Crippen LogP contribution in [0.3, 0.4) is 0 Å². The van der Waals surface area contributed by atoms with Crippen LogP contribution in [0, 0.1) is 5.41 Å². The van der Waals surface area contributed by atoms with Crippen molar-refractivity contribution in [1.82, 2.24) is 20.3 Å². The highest BCUT2D eigenvalue weighted by molar-refractivity contribution is 7.92. The standard InChI is InChI=1S/C25H28F3N7O4S/c1-24(14-39-15-24)13-32-22(36)16-6-4-8-18(10-16)33-23-31-12-19(25(26,27)28)20(34-23)30-11-17-7-5-9-29-21(17)35(2)40(3,37)38/h4-10,12H,11,13-15H2,1-3H3,(H,32,36)(H2,30,31,33,34). The molecule has 0 spiro atoms. The molecule has 1 aliphatic heterocycles. The van der Waals surface area contributed by atoms with E-state index in [1.54, 1.807) is 24.3 Å². The number of carbonyl (C=O) groups is 1. The summed E-state index contributed by atoms with van der Waals surface area (Å²) in [5, 5.41) is 8.33. The minimum atomic E-state index is -4.76. The van der Waals surface area contributed by atoms with Crippen LogP contribution in [0.1, 0.15) is 28.4 Å². The fraction of sp³-hybridized carbons (Fsp3) is 0.360. The van der Waals surface area contributed by atoms with Crippen molar-refractivity contribution in [1.29, 1.82) is 0 Å².